The van der Waals surface area contributed by atoms with Crippen LogP contribution in [-0.2, 0) is 0 Å². The summed E-state index contributed by atoms with van der Waals surface area (Å²) >= 11 is 0. The molecule has 9 heteroatoms. The predicted octanol–water partition coefficient (Wildman–Crippen LogP) is 4.57. The van der Waals surface area contributed by atoms with Gasteiger partial charge in [0.1, 0.15) is 17.3 Å². The van der Waals surface area contributed by atoms with Gasteiger partial charge in [-0.15, -0.1) is 0 Å². The molecule has 3 aromatic heterocycles. The van der Waals surface area contributed by atoms with Gasteiger partial charge in [0.2, 0.25) is 5.95 Å². The van der Waals surface area contributed by atoms with Gasteiger partial charge in [-0.3, -0.25) is 0 Å². The number of pyridine rings is 1. The van der Waals surface area contributed by atoms with E-state index in [1.165, 1.54) is 19.2 Å². The molecule has 0 aliphatic carbocycles. The van der Waals surface area contributed by atoms with Crippen LogP contribution in [0.1, 0.15) is 21.3 Å². The van der Waals surface area contributed by atoms with Crippen molar-refractivity contribution in [1.82, 2.24) is 24.9 Å². The Labute approximate surface area is 180 Å². The number of imidazole rings is 1. The standard InChI is InChI=1S/C19H16FN7O.C2H6.CH4/c1-28-14-8-11(9-24-17(14)21)15-16(13-6-7-23-19(22)25-13)27-18(26-15)10-2-4-12(20)5-3-10;1-2;/h2-9H,1H3,(H2,21,24)(H,26,27)(H2,22,23,25);1-2H3;1H4. The van der Waals surface area contributed by atoms with Crippen LogP contribution in [0.5, 0.6) is 5.75 Å². The van der Waals surface area contributed by atoms with Crippen molar-refractivity contribution in [2.45, 2.75) is 21.3 Å². The normalized spacial score (nSPS) is 9.94. The van der Waals surface area contributed by atoms with Gasteiger partial charge >= 0.3 is 0 Å². The van der Waals surface area contributed by atoms with Crippen molar-refractivity contribution >= 4 is 11.8 Å². The minimum Gasteiger partial charge on any atom is -0.493 e. The second kappa shape index (κ2) is 10.1. The number of nitrogen functional groups attached to an aromatic ring is 2. The van der Waals surface area contributed by atoms with Crippen molar-refractivity contribution in [2.75, 3.05) is 18.6 Å². The smallest absolute Gasteiger partial charge is 0.220 e. The zero-order valence-corrected chi connectivity index (χ0v) is 16.8. The van der Waals surface area contributed by atoms with E-state index in [-0.39, 0.29) is 25.0 Å². The first kappa shape index (κ1) is 23.3. The molecule has 4 aromatic rings. The van der Waals surface area contributed by atoms with Crippen molar-refractivity contribution in [2.24, 2.45) is 0 Å². The average Bonchev–Trinajstić information content (AvgIpc) is 3.21. The molecule has 0 amide bonds. The Kier molecular flexibility index (Phi) is 7.62. The molecule has 0 atom stereocenters. The number of hydrogen-bond donors (Lipinski definition) is 3. The van der Waals surface area contributed by atoms with E-state index in [4.69, 9.17) is 16.2 Å². The number of benzene rings is 1. The highest BCUT2D eigenvalue weighted by Gasteiger charge is 2.18. The predicted molar refractivity (Wildman–Crippen MR) is 122 cm³/mol. The molecule has 4 rings (SSSR count). The number of hydrogen-bond acceptors (Lipinski definition) is 7. The van der Waals surface area contributed by atoms with Gasteiger partial charge < -0.3 is 21.2 Å². The van der Waals surface area contributed by atoms with Crippen molar-refractivity contribution < 1.29 is 9.13 Å². The number of ether oxygens (including phenoxy) is 1. The van der Waals surface area contributed by atoms with Gasteiger partial charge in [-0.1, -0.05) is 21.3 Å². The van der Waals surface area contributed by atoms with Crippen molar-refractivity contribution in [1.29, 1.82) is 0 Å². The molecule has 0 bridgehead atoms. The molecule has 8 nitrogen and oxygen atoms in total. The lowest BCUT2D eigenvalue weighted by Gasteiger charge is -2.06. The molecule has 0 saturated heterocycles. The first-order chi connectivity index (χ1) is 14.5. The Morgan fingerprint density at radius 2 is 1.68 bits per heavy atom. The fourth-order valence-corrected chi connectivity index (χ4v) is 2.77. The number of rotatable bonds is 4. The fraction of sp³-hybridized carbons (Fsp3) is 0.182. The molecule has 1 aromatic carbocycles. The quantitative estimate of drug-likeness (QED) is 0.438. The topological polar surface area (TPSA) is 129 Å². The van der Waals surface area contributed by atoms with Crippen LogP contribution in [0.15, 0.2) is 48.8 Å². The lowest BCUT2D eigenvalue weighted by molar-refractivity contribution is 0.415. The van der Waals surface area contributed by atoms with Crippen LogP contribution >= 0.6 is 0 Å². The van der Waals surface area contributed by atoms with Gasteiger partial charge in [0.05, 0.1) is 18.5 Å². The summed E-state index contributed by atoms with van der Waals surface area (Å²) in [5.41, 5.74) is 14.7. The number of nitrogens with two attached hydrogens (primary N) is 2. The molecular formula is C22H26FN7O. The fourth-order valence-electron chi connectivity index (χ4n) is 2.77. The maximum absolute atomic E-state index is 13.3. The van der Waals surface area contributed by atoms with Gasteiger partial charge in [-0.05, 0) is 36.4 Å². The van der Waals surface area contributed by atoms with Gasteiger partial charge in [-0.25, -0.2) is 24.3 Å². The molecule has 0 aliphatic rings. The first-order valence-electron chi connectivity index (χ1n) is 9.30. The molecule has 162 valence electrons. The van der Waals surface area contributed by atoms with E-state index in [2.05, 4.69) is 24.9 Å². The van der Waals surface area contributed by atoms with E-state index in [9.17, 15) is 4.39 Å². The summed E-state index contributed by atoms with van der Waals surface area (Å²) in [4.78, 5) is 20.3. The molecular weight excluding hydrogens is 397 g/mol. The Balaban J connectivity index is 0.00000111. The monoisotopic (exact) mass is 423 g/mol. The molecule has 0 spiro atoms. The summed E-state index contributed by atoms with van der Waals surface area (Å²) in [7, 11) is 1.51. The lowest BCUT2D eigenvalue weighted by atomic mass is 10.1. The third-order valence-corrected chi connectivity index (χ3v) is 4.13. The largest absolute Gasteiger partial charge is 0.493 e. The Bertz CT molecular complexity index is 1140. The third-order valence-electron chi connectivity index (χ3n) is 4.13. The summed E-state index contributed by atoms with van der Waals surface area (Å²) in [5, 5.41) is 0. The first-order valence-corrected chi connectivity index (χ1v) is 9.30. The summed E-state index contributed by atoms with van der Waals surface area (Å²) < 4.78 is 18.6. The Morgan fingerprint density at radius 3 is 2.32 bits per heavy atom. The number of anilines is 2. The number of nitrogens with zero attached hydrogens (tertiary/aromatic N) is 4. The van der Waals surface area contributed by atoms with Crippen LogP contribution in [-0.4, -0.2) is 32.0 Å². The number of aromatic nitrogens is 5. The average molecular weight is 423 g/mol. The third kappa shape index (κ3) is 4.95. The van der Waals surface area contributed by atoms with Gasteiger partial charge in [-0.2, -0.15) is 0 Å². The second-order valence-electron chi connectivity index (χ2n) is 5.93. The van der Waals surface area contributed by atoms with E-state index in [1.807, 2.05) is 13.8 Å². The molecule has 0 saturated carbocycles. The molecule has 0 radical (unpaired) electrons. The lowest BCUT2D eigenvalue weighted by Crippen LogP contribution is -1.98. The van der Waals surface area contributed by atoms with E-state index >= 15 is 0 Å². The minimum atomic E-state index is -0.327. The molecule has 0 unspecified atom stereocenters. The molecule has 3 heterocycles. The number of nitrogens with one attached hydrogen (secondary N) is 1. The SMILES string of the molecule is C.CC.COc1cc(-c2nc(-c3ccc(F)cc3)[nH]c2-c2ccnc(N)n2)cnc1N. The van der Waals surface area contributed by atoms with Crippen LogP contribution in [0.4, 0.5) is 16.2 Å². The van der Waals surface area contributed by atoms with E-state index in [0.29, 0.717) is 39.8 Å². The summed E-state index contributed by atoms with van der Waals surface area (Å²) in [6.07, 6.45) is 3.15. The van der Waals surface area contributed by atoms with Crippen molar-refractivity contribution in [3.8, 4) is 39.8 Å². The molecule has 31 heavy (non-hydrogen) atoms. The van der Waals surface area contributed by atoms with Crippen molar-refractivity contribution in [3.05, 3.63) is 54.6 Å². The van der Waals surface area contributed by atoms with Crippen molar-refractivity contribution in [3.63, 3.8) is 0 Å². The maximum atomic E-state index is 13.3. The number of methoxy groups -OCH3 is 1. The highest BCUT2D eigenvalue weighted by atomic mass is 19.1. The van der Waals surface area contributed by atoms with Crippen LogP contribution in [0.2, 0.25) is 0 Å². The highest BCUT2D eigenvalue weighted by molar-refractivity contribution is 5.80. The van der Waals surface area contributed by atoms with Crippen LogP contribution < -0.4 is 16.2 Å². The molecule has 0 fully saturated rings. The molecule has 5 N–H and O–H groups in total. The molecule has 0 aliphatic heterocycles. The van der Waals surface area contributed by atoms with Gasteiger partial charge in [0, 0.05) is 23.5 Å². The van der Waals surface area contributed by atoms with E-state index < -0.39 is 0 Å². The minimum absolute atomic E-state index is 0. The van der Waals surface area contributed by atoms with E-state index in [0.717, 1.165) is 0 Å². The van der Waals surface area contributed by atoms with E-state index in [1.54, 1.807) is 36.7 Å². The summed E-state index contributed by atoms with van der Waals surface area (Å²) in [6, 6.07) is 9.46. The number of aromatic amines is 1. The van der Waals surface area contributed by atoms with Crippen LogP contribution in [0, 0.1) is 5.82 Å². The highest BCUT2D eigenvalue weighted by Crippen LogP contribution is 2.34. The zero-order valence-electron chi connectivity index (χ0n) is 16.8. The maximum Gasteiger partial charge on any atom is 0.220 e. The summed E-state index contributed by atoms with van der Waals surface area (Å²) in [5.74, 6) is 1.05. The Morgan fingerprint density at radius 1 is 0.968 bits per heavy atom. The van der Waals surface area contributed by atoms with Gasteiger partial charge in [0.15, 0.2) is 11.6 Å². The summed E-state index contributed by atoms with van der Waals surface area (Å²) in [6.45, 7) is 4.00. The number of H-pyrrole nitrogens is 1. The second-order valence-corrected chi connectivity index (χ2v) is 5.93. The number of halogens is 1. The van der Waals surface area contributed by atoms with Gasteiger partial charge in [0.25, 0.3) is 0 Å². The zero-order chi connectivity index (χ0) is 21.7. The van der Waals surface area contributed by atoms with Crippen LogP contribution in [0.3, 0.4) is 0 Å². The van der Waals surface area contributed by atoms with Crippen LogP contribution in [0.25, 0.3) is 34.0 Å². The Hall–Kier alpha value is -4.01.